The van der Waals surface area contributed by atoms with Crippen molar-refractivity contribution in [3.63, 3.8) is 0 Å². The minimum atomic E-state index is -0.208. The van der Waals surface area contributed by atoms with Crippen molar-refractivity contribution in [3.8, 4) is 17.4 Å². The van der Waals surface area contributed by atoms with Gasteiger partial charge in [-0.3, -0.25) is 4.79 Å². The first-order valence-electron chi connectivity index (χ1n) is 4.65. The van der Waals surface area contributed by atoms with E-state index in [0.29, 0.717) is 23.1 Å². The molecule has 6 nitrogen and oxygen atoms in total. The van der Waals surface area contributed by atoms with Gasteiger partial charge >= 0.3 is 0 Å². The molecule has 0 bridgehead atoms. The number of hydrogen-bond acceptors (Lipinski definition) is 5. The molecule has 0 spiro atoms. The summed E-state index contributed by atoms with van der Waals surface area (Å²) >= 11 is 0. The van der Waals surface area contributed by atoms with Gasteiger partial charge in [0.05, 0.1) is 7.11 Å². The van der Waals surface area contributed by atoms with Crippen LogP contribution < -0.4 is 10.3 Å². The number of methoxy groups -OCH3 is 1. The highest BCUT2D eigenvalue weighted by Gasteiger charge is 2.04. The standard InChI is InChI=1S/C10H10N4O2/c1-6-5-8(15)12-10(11-6)7-3-4-9(16-2)14-13-7/h3-5H,1-2H3,(H,11,12,15). The van der Waals surface area contributed by atoms with Gasteiger partial charge in [-0.25, -0.2) is 4.98 Å². The minimum absolute atomic E-state index is 0.208. The maximum absolute atomic E-state index is 11.2. The zero-order chi connectivity index (χ0) is 11.5. The minimum Gasteiger partial charge on any atom is -0.480 e. The summed E-state index contributed by atoms with van der Waals surface area (Å²) in [5.74, 6) is 0.818. The van der Waals surface area contributed by atoms with Crippen molar-refractivity contribution in [1.29, 1.82) is 0 Å². The van der Waals surface area contributed by atoms with Crippen molar-refractivity contribution in [2.24, 2.45) is 0 Å². The average molecular weight is 218 g/mol. The topological polar surface area (TPSA) is 80.8 Å². The Bertz CT molecular complexity index is 547. The normalized spacial score (nSPS) is 10.1. The van der Waals surface area contributed by atoms with Crippen LogP contribution >= 0.6 is 0 Å². The third-order valence-electron chi connectivity index (χ3n) is 1.96. The second-order valence-corrected chi connectivity index (χ2v) is 3.20. The molecule has 0 atom stereocenters. The summed E-state index contributed by atoms with van der Waals surface area (Å²) in [6.45, 7) is 1.75. The summed E-state index contributed by atoms with van der Waals surface area (Å²) in [6, 6.07) is 4.76. The number of aromatic amines is 1. The molecule has 2 heterocycles. The molecular weight excluding hydrogens is 208 g/mol. The number of nitrogens with zero attached hydrogens (tertiary/aromatic N) is 3. The number of aryl methyl sites for hydroxylation is 1. The van der Waals surface area contributed by atoms with Crippen LogP contribution in [0.15, 0.2) is 23.0 Å². The first-order chi connectivity index (χ1) is 7.69. The maximum atomic E-state index is 11.2. The lowest BCUT2D eigenvalue weighted by Crippen LogP contribution is -2.09. The number of ether oxygens (including phenoxy) is 1. The van der Waals surface area contributed by atoms with Crippen LogP contribution in [0.1, 0.15) is 5.69 Å². The van der Waals surface area contributed by atoms with Gasteiger partial charge in [0, 0.05) is 17.8 Å². The fourth-order valence-electron chi connectivity index (χ4n) is 1.26. The van der Waals surface area contributed by atoms with Gasteiger partial charge in [0.15, 0.2) is 5.82 Å². The first kappa shape index (κ1) is 10.3. The van der Waals surface area contributed by atoms with Gasteiger partial charge in [0.2, 0.25) is 5.88 Å². The largest absolute Gasteiger partial charge is 0.480 e. The van der Waals surface area contributed by atoms with Crippen molar-refractivity contribution in [1.82, 2.24) is 20.2 Å². The van der Waals surface area contributed by atoms with E-state index in [1.54, 1.807) is 19.1 Å². The molecule has 0 radical (unpaired) electrons. The van der Waals surface area contributed by atoms with E-state index in [1.807, 2.05) is 0 Å². The Morgan fingerprint density at radius 2 is 2.12 bits per heavy atom. The highest BCUT2D eigenvalue weighted by molar-refractivity contribution is 5.48. The summed E-state index contributed by atoms with van der Waals surface area (Å²) in [5.41, 5.74) is 0.929. The van der Waals surface area contributed by atoms with Gasteiger partial charge in [-0.05, 0) is 13.0 Å². The van der Waals surface area contributed by atoms with Crippen LogP contribution in [0.5, 0.6) is 5.88 Å². The van der Waals surface area contributed by atoms with Crippen molar-refractivity contribution in [2.75, 3.05) is 7.11 Å². The molecule has 0 aromatic carbocycles. The fraction of sp³-hybridized carbons (Fsp3) is 0.200. The Labute approximate surface area is 91.3 Å². The van der Waals surface area contributed by atoms with Crippen molar-refractivity contribution >= 4 is 0 Å². The van der Waals surface area contributed by atoms with Crippen LogP contribution in [0.25, 0.3) is 11.5 Å². The van der Waals surface area contributed by atoms with E-state index in [4.69, 9.17) is 4.74 Å². The Hall–Kier alpha value is -2.24. The lowest BCUT2D eigenvalue weighted by molar-refractivity contribution is 0.392. The van der Waals surface area contributed by atoms with Crippen LogP contribution in [-0.2, 0) is 0 Å². The molecule has 6 heteroatoms. The molecule has 0 aliphatic rings. The lowest BCUT2D eigenvalue weighted by atomic mass is 10.3. The predicted octanol–water partition coefficient (Wildman–Crippen LogP) is 0.544. The molecule has 0 unspecified atom stereocenters. The molecule has 82 valence electrons. The molecule has 0 aliphatic heterocycles. The molecule has 2 rings (SSSR count). The van der Waals surface area contributed by atoms with Gasteiger partial charge in [0.1, 0.15) is 5.69 Å². The first-order valence-corrected chi connectivity index (χ1v) is 4.65. The average Bonchev–Trinajstić information content (AvgIpc) is 2.28. The Kier molecular flexibility index (Phi) is 2.63. The van der Waals surface area contributed by atoms with Crippen LogP contribution in [0, 0.1) is 6.92 Å². The van der Waals surface area contributed by atoms with Gasteiger partial charge in [0.25, 0.3) is 5.56 Å². The molecule has 2 aromatic heterocycles. The zero-order valence-corrected chi connectivity index (χ0v) is 8.89. The second kappa shape index (κ2) is 4.09. The van der Waals surface area contributed by atoms with Crippen molar-refractivity contribution in [3.05, 3.63) is 34.2 Å². The molecule has 0 saturated carbocycles. The van der Waals surface area contributed by atoms with Gasteiger partial charge in [-0.15, -0.1) is 10.2 Å². The molecule has 16 heavy (non-hydrogen) atoms. The maximum Gasteiger partial charge on any atom is 0.251 e. The predicted molar refractivity (Wildman–Crippen MR) is 57.2 cm³/mol. The van der Waals surface area contributed by atoms with E-state index in [9.17, 15) is 4.79 Å². The summed E-state index contributed by atoms with van der Waals surface area (Å²) in [6.07, 6.45) is 0. The van der Waals surface area contributed by atoms with E-state index < -0.39 is 0 Å². The lowest BCUT2D eigenvalue weighted by Gasteiger charge is -2.01. The molecule has 0 fully saturated rings. The monoisotopic (exact) mass is 218 g/mol. The highest BCUT2D eigenvalue weighted by atomic mass is 16.5. The van der Waals surface area contributed by atoms with Crippen LogP contribution in [0.3, 0.4) is 0 Å². The number of nitrogens with one attached hydrogen (secondary N) is 1. The van der Waals surface area contributed by atoms with Crippen molar-refractivity contribution in [2.45, 2.75) is 6.92 Å². The molecule has 0 aliphatic carbocycles. The summed E-state index contributed by atoms with van der Waals surface area (Å²) < 4.78 is 4.89. The molecule has 1 N–H and O–H groups in total. The Morgan fingerprint density at radius 1 is 1.31 bits per heavy atom. The quantitative estimate of drug-likeness (QED) is 0.795. The van der Waals surface area contributed by atoms with E-state index in [0.717, 1.165) is 0 Å². The number of hydrogen-bond donors (Lipinski definition) is 1. The number of H-pyrrole nitrogens is 1. The van der Waals surface area contributed by atoms with Crippen LogP contribution in [-0.4, -0.2) is 27.3 Å². The summed E-state index contributed by atoms with van der Waals surface area (Å²) in [4.78, 5) is 18.0. The van der Waals surface area contributed by atoms with E-state index in [2.05, 4.69) is 20.2 Å². The SMILES string of the molecule is COc1ccc(-c2nc(C)cc(=O)[nH]2)nn1. The van der Waals surface area contributed by atoms with Crippen LogP contribution in [0.2, 0.25) is 0 Å². The van der Waals surface area contributed by atoms with Gasteiger partial charge in [-0.2, -0.15) is 0 Å². The van der Waals surface area contributed by atoms with Crippen molar-refractivity contribution < 1.29 is 4.74 Å². The highest BCUT2D eigenvalue weighted by Crippen LogP contribution is 2.11. The smallest absolute Gasteiger partial charge is 0.251 e. The Morgan fingerprint density at radius 3 is 2.69 bits per heavy atom. The molecule has 0 amide bonds. The van der Waals surface area contributed by atoms with E-state index >= 15 is 0 Å². The summed E-state index contributed by atoms with van der Waals surface area (Å²) in [7, 11) is 1.51. The van der Waals surface area contributed by atoms with Crippen LogP contribution in [0.4, 0.5) is 0 Å². The summed E-state index contributed by atoms with van der Waals surface area (Å²) in [5, 5.41) is 7.69. The molecule has 2 aromatic rings. The second-order valence-electron chi connectivity index (χ2n) is 3.20. The third kappa shape index (κ3) is 2.05. The van der Waals surface area contributed by atoms with Gasteiger partial charge in [-0.1, -0.05) is 0 Å². The molecule has 0 saturated heterocycles. The zero-order valence-electron chi connectivity index (χ0n) is 8.89. The Balaban J connectivity index is 2.46. The van der Waals surface area contributed by atoms with E-state index in [-0.39, 0.29) is 5.56 Å². The fourth-order valence-corrected chi connectivity index (χ4v) is 1.26. The third-order valence-corrected chi connectivity index (χ3v) is 1.96. The molecular formula is C10H10N4O2. The number of aromatic nitrogens is 4. The number of rotatable bonds is 2. The van der Waals surface area contributed by atoms with Gasteiger partial charge < -0.3 is 9.72 Å². The van der Waals surface area contributed by atoms with E-state index in [1.165, 1.54) is 13.2 Å².